The van der Waals surface area contributed by atoms with Crippen LogP contribution < -0.4 is 14.2 Å². The maximum atomic E-state index is 9.78. The topological polar surface area (TPSA) is 128 Å². The van der Waals surface area contributed by atoms with Gasteiger partial charge in [0.25, 0.3) is 30.0 Å². The molecule has 0 aliphatic rings. The molecule has 11 nitrogen and oxygen atoms in total. The van der Waals surface area contributed by atoms with Crippen LogP contribution in [0.1, 0.15) is 27.7 Å². The van der Waals surface area contributed by atoms with Gasteiger partial charge < -0.3 is 28.4 Å². The van der Waals surface area contributed by atoms with Crippen molar-refractivity contribution in [1.82, 2.24) is 15.0 Å². The second-order valence-electron chi connectivity index (χ2n) is 4.47. The second kappa shape index (κ2) is 39.6. The van der Waals surface area contributed by atoms with Gasteiger partial charge in [-0.25, -0.2) is 9.59 Å². The van der Waals surface area contributed by atoms with Crippen LogP contribution in [-0.4, -0.2) is 26.9 Å². The number of nitrogens with zero attached hydrogens (tertiary/aromatic N) is 3. The number of hydrogen-bond donors (Lipinski definition) is 0. The van der Waals surface area contributed by atoms with Crippen molar-refractivity contribution >= 4 is 11.9 Å². The minimum Gasteiger partial charge on any atom is -0.666 e. The molecule has 0 N–H and O–H groups in total. The fourth-order valence-corrected chi connectivity index (χ4v) is 0.691. The van der Waals surface area contributed by atoms with E-state index in [2.05, 4.69) is 126 Å². The average Bonchev–Trinajstić information content (AvgIpc) is 2.88. The normalized spacial score (nSPS) is 6.81. The van der Waals surface area contributed by atoms with E-state index in [-0.39, 0.29) is 25.5 Å². The van der Waals surface area contributed by atoms with Crippen LogP contribution in [0.25, 0.3) is 0 Å². The summed E-state index contributed by atoms with van der Waals surface area (Å²) in [5.41, 5.74) is 0. The predicted molar refractivity (Wildman–Crippen MR) is 130 cm³/mol. The summed E-state index contributed by atoms with van der Waals surface area (Å²) in [7, 11) is 18.1. The Labute approximate surface area is 204 Å². The third-order valence-corrected chi connectivity index (χ3v) is 1.99. The number of allylic oxidation sites excluding steroid dienone is 1. The standard InChI is InChI=1S/C6H6N3O3.C5H7O.2C4H5O2.C3H8.CH4.3Rf/c1-10-4-7-5(11-2)9-6(8-4)12-3;1-4-5(2)6-3;2*1-3-4(5)6-2;1-3-2;;;;/h1-3H2;4H,1-3H2;2*3H,1-2H2;3H2,1-2H3;1H4;;;/q-3;3*-1;;;;;. The van der Waals surface area contributed by atoms with Crippen LogP contribution in [0.15, 0.2) is 50.3 Å². The van der Waals surface area contributed by atoms with E-state index in [4.69, 9.17) is 0 Å². The first-order chi connectivity index (χ1) is 15.6. The quantitative estimate of drug-likeness (QED) is 0.121. The molecule has 0 unspecified atom stereocenters. The SMILES string of the molecule is C.C=CC(=C)O[CH2-].C=CC(=O)O[CH2-].C=CC(=O)O[CH2-].CCC.[CH2-]Oc1nc(O[CH2-])nc(O[CH2-])n1.[Rf].[Rf].[Rf]. The molecule has 0 aromatic carbocycles. The Bertz CT molecular complexity index is 607. The summed E-state index contributed by atoms with van der Waals surface area (Å²) < 4.78 is 25.5. The van der Waals surface area contributed by atoms with E-state index in [1.165, 1.54) is 12.5 Å². The zero-order valence-corrected chi connectivity index (χ0v) is 40.4. The Morgan fingerprint density at radius 1 is 0.676 bits per heavy atom. The van der Waals surface area contributed by atoms with Gasteiger partial charge in [0, 0.05) is 12.2 Å². The molecular weight excluding hydrogens is 1250 g/mol. The Morgan fingerprint density at radius 3 is 0.973 bits per heavy atom. The molecule has 37 heavy (non-hydrogen) atoms. The Morgan fingerprint density at radius 2 is 0.919 bits per heavy atom. The van der Waals surface area contributed by atoms with Crippen LogP contribution in [0, 0.1) is 42.7 Å². The fraction of sp³-hybridized carbons (Fsp3) is 0.174. The van der Waals surface area contributed by atoms with Crippen molar-refractivity contribution in [2.24, 2.45) is 0 Å². The summed E-state index contributed by atoms with van der Waals surface area (Å²) in [5, 5.41) is 0. The van der Waals surface area contributed by atoms with Crippen LogP contribution in [0.2, 0.25) is 0 Å². The molecular formula is C23H35N3O8Rf3-6. The number of carbonyl (C=O) groups is 2. The van der Waals surface area contributed by atoms with Gasteiger partial charge in [-0.1, -0.05) is 54.0 Å². The zero-order valence-electron chi connectivity index (χ0n) is 21.2. The summed E-state index contributed by atoms with van der Waals surface area (Å²) in [5.74, 6) is -0.514. The molecule has 0 aliphatic heterocycles. The third-order valence-electron chi connectivity index (χ3n) is 1.99. The largest absolute Gasteiger partial charge is 0.666 e. The molecule has 1 heterocycles. The number of ether oxygens (including phenoxy) is 6. The summed E-state index contributed by atoms with van der Waals surface area (Å²) in [6, 6.07) is -0.0769. The van der Waals surface area contributed by atoms with Crippen molar-refractivity contribution in [3.63, 3.8) is 0 Å². The maximum absolute atomic E-state index is 9.78. The van der Waals surface area contributed by atoms with Gasteiger partial charge in [-0.2, -0.15) is 42.7 Å². The van der Waals surface area contributed by atoms with Gasteiger partial charge in [-0.05, 0) is 6.08 Å². The molecule has 0 radical (unpaired) electrons. The van der Waals surface area contributed by atoms with Gasteiger partial charge in [-0.3, -0.25) is 0 Å². The van der Waals surface area contributed by atoms with Crippen molar-refractivity contribution in [2.75, 3.05) is 0 Å². The van der Waals surface area contributed by atoms with Gasteiger partial charge in [-0.15, -0.1) is 15.0 Å². The minimum atomic E-state index is -0.505. The monoisotopic (exact) mass is 1280 g/mol. The van der Waals surface area contributed by atoms with Gasteiger partial charge in [0.05, 0.1) is 5.76 Å². The molecule has 202 valence electrons. The number of aromatic nitrogens is 3. The Kier molecular flexibility index (Phi) is 55.8. The third kappa shape index (κ3) is 40.1. The Balaban J connectivity index is -0.0000000494. The average molecular weight is 1280 g/mol. The molecule has 0 saturated heterocycles. The van der Waals surface area contributed by atoms with Crippen molar-refractivity contribution < 1.29 is 38.0 Å². The van der Waals surface area contributed by atoms with Gasteiger partial charge >= 0.3 is 0 Å². The number of esters is 2. The van der Waals surface area contributed by atoms with Crippen molar-refractivity contribution in [1.29, 1.82) is 0 Å². The first-order valence-electron chi connectivity index (χ1n) is 8.57. The van der Waals surface area contributed by atoms with E-state index in [9.17, 15) is 9.59 Å². The predicted octanol–water partition coefficient (Wildman–Crippen LogP) is 4.94. The zero-order chi connectivity index (χ0) is 26.7. The molecule has 0 bridgehead atoms. The first-order valence-corrected chi connectivity index (χ1v) is 8.57. The van der Waals surface area contributed by atoms with Crippen LogP contribution in [0.3, 0.4) is 0 Å². The van der Waals surface area contributed by atoms with Crippen molar-refractivity contribution in [2.45, 2.75) is 27.7 Å². The molecule has 0 saturated carbocycles. The second-order valence-corrected chi connectivity index (χ2v) is 4.47. The summed E-state index contributed by atoms with van der Waals surface area (Å²) in [4.78, 5) is 30.4. The molecule has 0 aliphatic carbocycles. The smallest absolute Gasteiger partial charge is 0.298 e. The molecule has 0 atom stereocenters. The maximum Gasteiger partial charge on any atom is 0.298 e. The van der Waals surface area contributed by atoms with Crippen LogP contribution >= 0.6 is 0 Å². The van der Waals surface area contributed by atoms with E-state index >= 15 is 0 Å². The van der Waals surface area contributed by atoms with Gasteiger partial charge in [0.1, 0.15) is 0 Å². The fourth-order valence-electron chi connectivity index (χ4n) is 0.691. The molecule has 1 rings (SSSR count). The number of rotatable bonds is 7. The van der Waals surface area contributed by atoms with Crippen LogP contribution in [-0.2, 0) is 23.8 Å². The van der Waals surface area contributed by atoms with Gasteiger partial charge in [0.2, 0.25) is 0 Å². The number of carbonyl (C=O) groups excluding carboxylic acids is 2. The number of hydrogen-bond acceptors (Lipinski definition) is 11. The van der Waals surface area contributed by atoms with E-state index in [1.807, 2.05) is 0 Å². The van der Waals surface area contributed by atoms with Crippen molar-refractivity contribution in [3.05, 3.63) is 93.0 Å². The van der Waals surface area contributed by atoms with E-state index < -0.39 is 11.9 Å². The molecule has 0 spiro atoms. The van der Waals surface area contributed by atoms with Crippen LogP contribution in [0.4, 0.5) is 0 Å². The minimum absolute atomic E-state index is 0. The molecule has 1 aromatic rings. The van der Waals surface area contributed by atoms with Gasteiger partial charge in [0.15, 0.2) is 0 Å². The Hall–Kier alpha value is -6.89. The van der Waals surface area contributed by atoms with E-state index in [0.717, 1.165) is 12.2 Å². The molecule has 1 aromatic heterocycles. The first kappa shape index (κ1) is 52.2. The van der Waals surface area contributed by atoms with Crippen molar-refractivity contribution in [3.8, 4) is 18.0 Å². The molecule has 0 fully saturated rings. The summed E-state index contributed by atoms with van der Waals surface area (Å²) >= 11 is 0. The summed E-state index contributed by atoms with van der Waals surface area (Å²) in [6.07, 6.45) is 4.84. The molecule has 14 heteroatoms. The molecule has 0 amide bonds. The summed E-state index contributed by atoms with van der Waals surface area (Å²) in [6.45, 7) is 17.2. The van der Waals surface area contributed by atoms with E-state index in [0.29, 0.717) is 5.76 Å². The van der Waals surface area contributed by atoms with Crippen LogP contribution in [0.5, 0.6) is 18.0 Å². The van der Waals surface area contributed by atoms with E-state index in [1.54, 1.807) is 0 Å².